The van der Waals surface area contributed by atoms with Crippen LogP contribution in [-0.2, 0) is 19.1 Å². The second kappa shape index (κ2) is 7.29. The smallest absolute Gasteiger partial charge is 0.341 e. The van der Waals surface area contributed by atoms with Gasteiger partial charge < -0.3 is 30.1 Å². The Bertz CT molecular complexity index is 1130. The van der Waals surface area contributed by atoms with E-state index in [2.05, 4.69) is 10.1 Å². The monoisotopic (exact) mass is 471 g/mol. The van der Waals surface area contributed by atoms with E-state index in [1.165, 1.54) is 12.1 Å². The van der Waals surface area contributed by atoms with Crippen molar-refractivity contribution in [3.63, 3.8) is 0 Å². The minimum absolute atomic E-state index is 0.0344. The fourth-order valence-corrected chi connectivity index (χ4v) is 7.22. The van der Waals surface area contributed by atoms with Gasteiger partial charge in [0.1, 0.15) is 17.0 Å². The fraction of sp³-hybridized carbons (Fsp3) is 0.560. The maximum absolute atomic E-state index is 13.1. The van der Waals surface area contributed by atoms with Crippen molar-refractivity contribution in [3.8, 4) is 11.5 Å². The van der Waals surface area contributed by atoms with Crippen LogP contribution in [0.25, 0.3) is 0 Å². The lowest BCUT2D eigenvalue weighted by Gasteiger charge is -2.56. The first-order valence-electron chi connectivity index (χ1n) is 11.5. The number of esters is 1. The molecule has 0 aromatic heterocycles. The van der Waals surface area contributed by atoms with Gasteiger partial charge in [-0.25, -0.2) is 4.79 Å². The molecule has 0 radical (unpaired) electrons. The van der Waals surface area contributed by atoms with Crippen molar-refractivity contribution in [2.24, 2.45) is 22.7 Å². The average molecular weight is 472 g/mol. The van der Waals surface area contributed by atoms with Crippen LogP contribution in [0, 0.1) is 22.7 Å². The summed E-state index contributed by atoms with van der Waals surface area (Å²) in [5.41, 5.74) is -2.37. The third kappa shape index (κ3) is 2.89. The molecule has 2 heterocycles. The Balaban J connectivity index is 1.37. The number of aromatic hydroxyl groups is 2. The number of methoxy groups -OCH3 is 1. The number of allylic oxidation sites excluding steroid dienone is 1. The molecule has 7 atom stereocenters. The number of ether oxygens (including phenoxy) is 2. The van der Waals surface area contributed by atoms with Gasteiger partial charge in [0.25, 0.3) is 0 Å². The van der Waals surface area contributed by atoms with Gasteiger partial charge in [0.15, 0.2) is 11.5 Å². The highest BCUT2D eigenvalue weighted by Gasteiger charge is 2.75. The standard InChI is InChI=1S/C25H29NO8/c1-23(8-7-17(29)26-18-14(27)5-4-12(19(18)30)22(32)33-3)16(28)6-9-25-11-24(2)13(21(25)31)10-15(34-24)20(23)25/h4-6,9,13,15,20-21,27,30-31H,7-8,10-11H2,1-3H3,(H,26,29)/t13?,15-,20-,21+,23+,24-,25-/m0/s1. The van der Waals surface area contributed by atoms with Crippen LogP contribution in [0.5, 0.6) is 11.5 Å². The number of nitrogens with one attached hydrogen (secondary N) is 1. The number of anilines is 1. The Labute approximate surface area is 196 Å². The van der Waals surface area contributed by atoms with E-state index < -0.39 is 45.9 Å². The van der Waals surface area contributed by atoms with Crippen molar-refractivity contribution >= 4 is 23.3 Å². The fourth-order valence-electron chi connectivity index (χ4n) is 7.22. The molecule has 9 nitrogen and oxygen atoms in total. The highest BCUT2D eigenvalue weighted by Crippen LogP contribution is 2.71. The van der Waals surface area contributed by atoms with E-state index in [1.807, 2.05) is 19.9 Å². The molecule has 4 fully saturated rings. The molecule has 182 valence electrons. The maximum atomic E-state index is 13.1. The van der Waals surface area contributed by atoms with Gasteiger partial charge in [0.2, 0.25) is 5.91 Å². The molecule has 1 spiro atoms. The van der Waals surface area contributed by atoms with E-state index in [1.54, 1.807) is 6.08 Å². The van der Waals surface area contributed by atoms with Crippen LogP contribution < -0.4 is 5.32 Å². The summed E-state index contributed by atoms with van der Waals surface area (Å²) in [5.74, 6) is -2.69. The van der Waals surface area contributed by atoms with Crippen LogP contribution in [0.4, 0.5) is 5.69 Å². The molecule has 2 saturated carbocycles. The van der Waals surface area contributed by atoms with E-state index in [9.17, 15) is 29.7 Å². The lowest BCUT2D eigenvalue weighted by molar-refractivity contribution is -0.179. The van der Waals surface area contributed by atoms with Crippen LogP contribution in [0.1, 0.15) is 49.9 Å². The van der Waals surface area contributed by atoms with Gasteiger partial charge in [-0.3, -0.25) is 9.59 Å². The first-order chi connectivity index (χ1) is 16.0. The molecule has 6 rings (SSSR count). The maximum Gasteiger partial charge on any atom is 0.341 e. The first-order valence-corrected chi connectivity index (χ1v) is 11.5. The summed E-state index contributed by atoms with van der Waals surface area (Å²) in [4.78, 5) is 37.8. The number of carbonyl (C=O) groups is 3. The minimum Gasteiger partial charge on any atom is -0.506 e. The van der Waals surface area contributed by atoms with Crippen LogP contribution in [0.2, 0.25) is 0 Å². The normalized spacial score (nSPS) is 39.2. The van der Waals surface area contributed by atoms with Crippen LogP contribution >= 0.6 is 0 Å². The quantitative estimate of drug-likeness (QED) is 0.378. The number of phenols is 2. The molecule has 1 unspecified atom stereocenters. The number of hydrogen-bond donors (Lipinski definition) is 4. The number of hydrogen-bond acceptors (Lipinski definition) is 8. The summed E-state index contributed by atoms with van der Waals surface area (Å²) < 4.78 is 10.9. The summed E-state index contributed by atoms with van der Waals surface area (Å²) in [5, 5.41) is 34.1. The highest BCUT2D eigenvalue weighted by atomic mass is 16.5. The van der Waals surface area contributed by atoms with Gasteiger partial charge in [-0.2, -0.15) is 0 Å². The number of rotatable bonds is 5. The highest BCUT2D eigenvalue weighted by molar-refractivity contribution is 6.01. The van der Waals surface area contributed by atoms with Gasteiger partial charge in [0.05, 0.1) is 24.9 Å². The molecule has 4 N–H and O–H groups in total. The van der Waals surface area contributed by atoms with Crippen molar-refractivity contribution in [2.45, 2.75) is 57.3 Å². The molecule has 5 aliphatic rings. The molecule has 4 bridgehead atoms. The van der Waals surface area contributed by atoms with E-state index in [0.29, 0.717) is 12.8 Å². The molecular formula is C25H29NO8. The zero-order valence-electron chi connectivity index (χ0n) is 19.3. The molecular weight excluding hydrogens is 442 g/mol. The van der Waals surface area contributed by atoms with Crippen molar-refractivity contribution in [1.29, 1.82) is 0 Å². The average Bonchev–Trinajstić information content (AvgIpc) is 3.14. The van der Waals surface area contributed by atoms with Crippen molar-refractivity contribution in [1.82, 2.24) is 0 Å². The Hall–Kier alpha value is -2.91. The number of benzene rings is 1. The van der Waals surface area contributed by atoms with Crippen molar-refractivity contribution in [3.05, 3.63) is 29.8 Å². The molecule has 9 heteroatoms. The molecule has 1 amide bonds. The molecule has 1 aromatic carbocycles. The number of aliphatic hydroxyl groups excluding tert-OH is 1. The largest absolute Gasteiger partial charge is 0.506 e. The second-order valence-electron chi connectivity index (χ2n) is 10.5. The lowest BCUT2D eigenvalue weighted by Crippen LogP contribution is -2.60. The van der Waals surface area contributed by atoms with Crippen LogP contribution in [0.3, 0.4) is 0 Å². The Morgan fingerprint density at radius 1 is 1.26 bits per heavy atom. The third-order valence-electron chi connectivity index (χ3n) is 8.72. The number of phenolic OH excluding ortho intramolecular Hbond substituents is 2. The number of amides is 1. The van der Waals surface area contributed by atoms with Gasteiger partial charge in [-0.05, 0) is 44.4 Å². The Morgan fingerprint density at radius 3 is 2.68 bits per heavy atom. The summed E-state index contributed by atoms with van der Waals surface area (Å²) in [6.45, 7) is 3.86. The first kappa shape index (κ1) is 22.9. The Kier molecular flexibility index (Phi) is 4.90. The van der Waals surface area contributed by atoms with E-state index >= 15 is 0 Å². The van der Waals surface area contributed by atoms with Crippen LogP contribution in [0.15, 0.2) is 24.3 Å². The van der Waals surface area contributed by atoms with Gasteiger partial charge in [0, 0.05) is 29.1 Å². The van der Waals surface area contributed by atoms with Gasteiger partial charge in [-0.15, -0.1) is 0 Å². The van der Waals surface area contributed by atoms with Crippen molar-refractivity contribution < 1.29 is 39.2 Å². The van der Waals surface area contributed by atoms with Gasteiger partial charge >= 0.3 is 5.97 Å². The molecule has 2 aliphatic heterocycles. The molecule has 3 aliphatic carbocycles. The SMILES string of the molecule is COC(=O)c1ccc(O)c(NC(=O)CC[C@]2(C)C(=O)C=C[C@@]34C[C@]5(C)O[C@@H](CC5[C@H]3O)[C@H]42)c1O. The molecule has 2 saturated heterocycles. The zero-order valence-corrected chi connectivity index (χ0v) is 19.3. The van der Waals surface area contributed by atoms with Crippen LogP contribution in [-0.4, -0.2) is 57.9 Å². The van der Waals surface area contributed by atoms with E-state index in [4.69, 9.17) is 4.74 Å². The summed E-state index contributed by atoms with van der Waals surface area (Å²) in [6, 6.07) is 2.36. The summed E-state index contributed by atoms with van der Waals surface area (Å²) in [7, 11) is 1.15. The number of ketones is 1. The third-order valence-corrected chi connectivity index (χ3v) is 8.72. The second-order valence-corrected chi connectivity index (χ2v) is 10.5. The lowest BCUT2D eigenvalue weighted by atomic mass is 9.50. The van der Waals surface area contributed by atoms with Crippen molar-refractivity contribution in [2.75, 3.05) is 12.4 Å². The zero-order chi connectivity index (χ0) is 24.6. The Morgan fingerprint density at radius 2 is 2.00 bits per heavy atom. The summed E-state index contributed by atoms with van der Waals surface area (Å²) in [6.07, 6.45) is 4.09. The predicted octanol–water partition coefficient (Wildman–Crippen LogP) is 2.29. The van der Waals surface area contributed by atoms with E-state index in [-0.39, 0.29) is 47.8 Å². The number of aliphatic hydroxyl groups is 1. The van der Waals surface area contributed by atoms with E-state index in [0.717, 1.165) is 7.11 Å². The minimum atomic E-state index is -0.924. The molecule has 34 heavy (non-hydrogen) atoms. The van der Waals surface area contributed by atoms with Gasteiger partial charge in [-0.1, -0.05) is 13.0 Å². The summed E-state index contributed by atoms with van der Waals surface area (Å²) >= 11 is 0. The topological polar surface area (TPSA) is 142 Å². The number of carbonyl (C=O) groups excluding carboxylic acids is 3. The molecule has 1 aromatic rings. The predicted molar refractivity (Wildman–Crippen MR) is 119 cm³/mol.